The number of amides is 1. The second-order valence-electron chi connectivity index (χ2n) is 7.37. The summed E-state index contributed by atoms with van der Waals surface area (Å²) in [5, 5.41) is 15.5. The summed E-state index contributed by atoms with van der Waals surface area (Å²) in [6, 6.07) is 12.2. The number of aryl methyl sites for hydroxylation is 2. The minimum atomic E-state index is -0.703. The zero-order valence-corrected chi connectivity index (χ0v) is 17.0. The Labute approximate surface area is 174 Å². The van der Waals surface area contributed by atoms with Crippen molar-refractivity contribution in [3.8, 4) is 0 Å². The fourth-order valence-electron chi connectivity index (χ4n) is 3.96. The monoisotopic (exact) mass is 402 g/mol. The first-order valence-electron chi connectivity index (χ1n) is 9.63. The third-order valence-corrected chi connectivity index (χ3v) is 5.48. The highest BCUT2D eigenvalue weighted by Gasteiger charge is 2.46. The van der Waals surface area contributed by atoms with E-state index in [0.717, 1.165) is 16.8 Å². The smallest absolute Gasteiger partial charge is 0.295 e. The number of carbonyl (C=O) groups excluding carboxylic acids is 2. The summed E-state index contributed by atoms with van der Waals surface area (Å²) < 4.78 is 1.65. The van der Waals surface area contributed by atoms with Crippen LogP contribution >= 0.6 is 0 Å². The van der Waals surface area contributed by atoms with Crippen LogP contribution in [0.25, 0.3) is 5.76 Å². The molecule has 7 heteroatoms. The molecular weight excluding hydrogens is 380 g/mol. The first-order valence-corrected chi connectivity index (χ1v) is 9.63. The van der Waals surface area contributed by atoms with Gasteiger partial charge in [0.1, 0.15) is 5.76 Å². The van der Waals surface area contributed by atoms with Gasteiger partial charge >= 0.3 is 0 Å². The van der Waals surface area contributed by atoms with E-state index < -0.39 is 17.7 Å². The summed E-state index contributed by atoms with van der Waals surface area (Å²) in [4.78, 5) is 31.7. The summed E-state index contributed by atoms with van der Waals surface area (Å²) >= 11 is 0. The van der Waals surface area contributed by atoms with Crippen LogP contribution in [0.1, 0.15) is 34.1 Å². The lowest BCUT2D eigenvalue weighted by Crippen LogP contribution is -2.29. The number of pyridine rings is 1. The van der Waals surface area contributed by atoms with Crippen molar-refractivity contribution in [3.05, 3.63) is 88.5 Å². The first-order chi connectivity index (χ1) is 14.4. The molecule has 1 aliphatic heterocycles. The molecule has 1 fully saturated rings. The van der Waals surface area contributed by atoms with Gasteiger partial charge in [0.25, 0.3) is 11.7 Å². The van der Waals surface area contributed by atoms with Crippen molar-refractivity contribution in [2.24, 2.45) is 7.05 Å². The molecule has 1 amide bonds. The molecule has 152 valence electrons. The molecule has 3 aromatic rings. The van der Waals surface area contributed by atoms with Gasteiger partial charge in [-0.25, -0.2) is 0 Å². The minimum absolute atomic E-state index is 0.0780. The maximum atomic E-state index is 13.1. The van der Waals surface area contributed by atoms with E-state index in [-0.39, 0.29) is 17.9 Å². The van der Waals surface area contributed by atoms with Crippen LogP contribution in [0.4, 0.5) is 0 Å². The average molecular weight is 402 g/mol. The molecule has 0 bridgehead atoms. The Kier molecular flexibility index (Phi) is 4.95. The molecule has 2 aromatic heterocycles. The Morgan fingerprint density at radius 1 is 1.10 bits per heavy atom. The topological polar surface area (TPSA) is 88.3 Å². The van der Waals surface area contributed by atoms with Gasteiger partial charge in [0.05, 0.1) is 22.9 Å². The van der Waals surface area contributed by atoms with Crippen LogP contribution in [0.3, 0.4) is 0 Å². The van der Waals surface area contributed by atoms with Crippen molar-refractivity contribution in [1.82, 2.24) is 19.7 Å². The summed E-state index contributed by atoms with van der Waals surface area (Å²) in [6.45, 7) is 3.79. The van der Waals surface area contributed by atoms with Crippen molar-refractivity contribution in [2.45, 2.75) is 26.4 Å². The normalized spacial score (nSPS) is 18.2. The molecule has 1 saturated heterocycles. The lowest BCUT2D eigenvalue weighted by Gasteiger charge is -2.25. The van der Waals surface area contributed by atoms with E-state index in [0.29, 0.717) is 11.3 Å². The predicted molar refractivity (Wildman–Crippen MR) is 111 cm³/mol. The van der Waals surface area contributed by atoms with E-state index >= 15 is 0 Å². The second-order valence-corrected chi connectivity index (χ2v) is 7.37. The van der Waals surface area contributed by atoms with E-state index in [9.17, 15) is 14.7 Å². The van der Waals surface area contributed by atoms with Crippen LogP contribution in [-0.4, -0.2) is 36.5 Å². The Hall–Kier alpha value is -3.74. The van der Waals surface area contributed by atoms with Gasteiger partial charge in [-0.1, -0.05) is 36.4 Å². The van der Waals surface area contributed by atoms with E-state index in [1.165, 1.54) is 4.90 Å². The van der Waals surface area contributed by atoms with Crippen LogP contribution in [0.15, 0.2) is 60.4 Å². The largest absolute Gasteiger partial charge is 0.507 e. The molecule has 1 N–H and O–H groups in total. The van der Waals surface area contributed by atoms with Crippen LogP contribution in [-0.2, 0) is 23.2 Å². The zero-order chi connectivity index (χ0) is 21.4. The van der Waals surface area contributed by atoms with Crippen molar-refractivity contribution in [3.63, 3.8) is 0 Å². The Morgan fingerprint density at radius 3 is 2.43 bits per heavy atom. The van der Waals surface area contributed by atoms with Crippen molar-refractivity contribution in [1.29, 1.82) is 0 Å². The Balaban J connectivity index is 1.90. The van der Waals surface area contributed by atoms with Crippen LogP contribution < -0.4 is 0 Å². The number of aromatic nitrogens is 3. The number of nitrogens with zero attached hydrogens (tertiary/aromatic N) is 4. The standard InChI is InChI=1S/C23H22N4O3/c1-14-18(15(2)26(3)25-14)21(28)19-20(17-9-5-4-6-10-17)27(23(30)22(19)29)13-16-8-7-11-24-12-16/h4-12,20,28H,13H2,1-3H3/b21-19+/t20-/m0/s1. The average Bonchev–Trinajstić information content (AvgIpc) is 3.15. The van der Waals surface area contributed by atoms with Gasteiger partial charge in [0.15, 0.2) is 0 Å². The maximum Gasteiger partial charge on any atom is 0.295 e. The van der Waals surface area contributed by atoms with Crippen molar-refractivity contribution in [2.75, 3.05) is 0 Å². The lowest BCUT2D eigenvalue weighted by atomic mass is 9.94. The van der Waals surface area contributed by atoms with Crippen molar-refractivity contribution >= 4 is 17.4 Å². The highest BCUT2D eigenvalue weighted by molar-refractivity contribution is 6.46. The fourth-order valence-corrected chi connectivity index (χ4v) is 3.96. The molecule has 1 aromatic carbocycles. The number of hydrogen-bond donors (Lipinski definition) is 1. The van der Waals surface area contributed by atoms with Gasteiger partial charge in [-0.2, -0.15) is 5.10 Å². The molecule has 4 rings (SSSR count). The molecule has 0 spiro atoms. The number of benzene rings is 1. The molecule has 1 aliphatic rings. The number of rotatable bonds is 4. The molecule has 0 aliphatic carbocycles. The number of ketones is 1. The number of hydrogen-bond acceptors (Lipinski definition) is 5. The lowest BCUT2D eigenvalue weighted by molar-refractivity contribution is -0.140. The molecular formula is C23H22N4O3. The molecule has 0 saturated carbocycles. The molecule has 0 radical (unpaired) electrons. The van der Waals surface area contributed by atoms with E-state index in [1.807, 2.05) is 43.3 Å². The molecule has 0 unspecified atom stereocenters. The third kappa shape index (κ3) is 3.18. The second kappa shape index (κ2) is 7.59. The minimum Gasteiger partial charge on any atom is -0.507 e. The maximum absolute atomic E-state index is 13.1. The van der Waals surface area contributed by atoms with Crippen LogP contribution in [0.5, 0.6) is 0 Å². The molecule has 7 nitrogen and oxygen atoms in total. The number of likely N-dealkylation sites (tertiary alicyclic amines) is 1. The zero-order valence-electron chi connectivity index (χ0n) is 17.0. The Morgan fingerprint density at radius 2 is 1.83 bits per heavy atom. The number of carbonyl (C=O) groups is 2. The highest BCUT2D eigenvalue weighted by atomic mass is 16.3. The van der Waals surface area contributed by atoms with E-state index in [2.05, 4.69) is 10.1 Å². The summed E-state index contributed by atoms with van der Waals surface area (Å²) in [5.41, 5.74) is 3.43. The van der Waals surface area contributed by atoms with Crippen molar-refractivity contribution < 1.29 is 14.7 Å². The van der Waals surface area contributed by atoms with Gasteiger partial charge < -0.3 is 10.0 Å². The van der Waals surface area contributed by atoms with Gasteiger partial charge in [-0.15, -0.1) is 0 Å². The predicted octanol–water partition coefficient (Wildman–Crippen LogP) is 3.05. The van der Waals surface area contributed by atoms with Gasteiger partial charge in [-0.3, -0.25) is 19.3 Å². The van der Waals surface area contributed by atoms with Crippen LogP contribution in [0, 0.1) is 13.8 Å². The number of Topliss-reactive ketones (excluding diaryl/α,β-unsaturated/α-hetero) is 1. The van der Waals surface area contributed by atoms with Gasteiger partial charge in [0.2, 0.25) is 0 Å². The Bertz CT molecular complexity index is 1150. The van der Waals surface area contributed by atoms with E-state index in [4.69, 9.17) is 0 Å². The van der Waals surface area contributed by atoms with E-state index in [1.54, 1.807) is 37.1 Å². The van der Waals surface area contributed by atoms with Crippen LogP contribution in [0.2, 0.25) is 0 Å². The molecule has 30 heavy (non-hydrogen) atoms. The first kappa shape index (κ1) is 19.6. The fraction of sp³-hybridized carbons (Fsp3) is 0.217. The van der Waals surface area contributed by atoms with Gasteiger partial charge in [0, 0.05) is 31.7 Å². The summed E-state index contributed by atoms with van der Waals surface area (Å²) in [5.74, 6) is -1.54. The number of aliphatic hydroxyl groups excluding tert-OH is 1. The highest BCUT2D eigenvalue weighted by Crippen LogP contribution is 2.41. The molecule has 3 heterocycles. The SMILES string of the molecule is Cc1nn(C)c(C)c1/C(O)=C1\C(=O)C(=O)N(Cc2cccnc2)[C@H]1c1ccccc1. The van der Waals surface area contributed by atoms with Gasteiger partial charge in [-0.05, 0) is 31.0 Å². The summed E-state index contributed by atoms with van der Waals surface area (Å²) in [7, 11) is 1.77. The molecule has 1 atom stereocenters. The summed E-state index contributed by atoms with van der Waals surface area (Å²) in [6.07, 6.45) is 3.32. The quantitative estimate of drug-likeness (QED) is 0.412. The third-order valence-electron chi connectivity index (χ3n) is 5.48. The number of aliphatic hydroxyl groups is 1.